The summed E-state index contributed by atoms with van der Waals surface area (Å²) < 4.78 is 5.66. The van der Waals surface area contributed by atoms with Crippen molar-refractivity contribution in [2.45, 2.75) is 12.8 Å². The number of likely N-dealkylation sites (tertiary alicyclic amines) is 1. The van der Waals surface area contributed by atoms with Crippen LogP contribution in [-0.4, -0.2) is 54.9 Å². The maximum atomic E-state index is 12.8. The summed E-state index contributed by atoms with van der Waals surface area (Å²) in [6, 6.07) is 10.9. The molecule has 144 valence electrons. The summed E-state index contributed by atoms with van der Waals surface area (Å²) in [5, 5.41) is 2.52. The van der Waals surface area contributed by atoms with Crippen molar-refractivity contribution in [2.75, 3.05) is 33.3 Å². The van der Waals surface area contributed by atoms with E-state index in [1.54, 1.807) is 29.0 Å². The summed E-state index contributed by atoms with van der Waals surface area (Å²) in [5.41, 5.74) is 0. The van der Waals surface area contributed by atoms with E-state index in [9.17, 15) is 9.59 Å². The molecule has 2 heterocycles. The highest BCUT2D eigenvalue weighted by atomic mass is 35.5. The summed E-state index contributed by atoms with van der Waals surface area (Å²) in [6.45, 7) is 2.07. The number of benzene rings is 1. The van der Waals surface area contributed by atoms with Crippen molar-refractivity contribution in [1.29, 1.82) is 0 Å². The second-order valence-electron chi connectivity index (χ2n) is 6.63. The molecule has 1 aliphatic heterocycles. The zero-order valence-electron chi connectivity index (χ0n) is 15.3. The number of likely N-dealkylation sites (N-methyl/N-ethyl adjacent to an activating group) is 1. The molecule has 1 unspecified atom stereocenters. The lowest BCUT2D eigenvalue weighted by Crippen LogP contribution is -2.46. The number of thiophene rings is 1. The van der Waals surface area contributed by atoms with Gasteiger partial charge in [0.1, 0.15) is 12.4 Å². The summed E-state index contributed by atoms with van der Waals surface area (Å²) in [6.07, 6.45) is 1.66. The number of carbonyl (C=O) groups excluding carboxylic acids is 2. The van der Waals surface area contributed by atoms with E-state index in [0.717, 1.165) is 17.7 Å². The van der Waals surface area contributed by atoms with E-state index in [1.165, 1.54) is 11.3 Å². The molecule has 27 heavy (non-hydrogen) atoms. The molecule has 2 amide bonds. The number of rotatable bonds is 6. The van der Waals surface area contributed by atoms with Crippen molar-refractivity contribution in [3.05, 3.63) is 51.7 Å². The number of ether oxygens (including phenoxy) is 1. The molecule has 1 aromatic heterocycles. The number of hydrogen-bond donors (Lipinski definition) is 0. The van der Waals surface area contributed by atoms with Crippen LogP contribution in [0.2, 0.25) is 5.02 Å². The number of carbonyl (C=O) groups is 2. The monoisotopic (exact) mass is 406 g/mol. The third-order valence-corrected chi connectivity index (χ3v) is 5.75. The largest absolute Gasteiger partial charge is 0.492 e. The second-order valence-corrected chi connectivity index (χ2v) is 8.02. The van der Waals surface area contributed by atoms with E-state index in [0.29, 0.717) is 37.0 Å². The van der Waals surface area contributed by atoms with Gasteiger partial charge in [-0.3, -0.25) is 9.59 Å². The Morgan fingerprint density at radius 1 is 1.33 bits per heavy atom. The van der Waals surface area contributed by atoms with Crippen molar-refractivity contribution in [1.82, 2.24) is 9.80 Å². The summed E-state index contributed by atoms with van der Waals surface area (Å²) in [4.78, 5) is 29.5. The summed E-state index contributed by atoms with van der Waals surface area (Å²) in [7, 11) is 1.78. The van der Waals surface area contributed by atoms with Crippen molar-refractivity contribution in [3.8, 4) is 5.75 Å². The van der Waals surface area contributed by atoms with Gasteiger partial charge in [-0.25, -0.2) is 0 Å². The topological polar surface area (TPSA) is 49.9 Å². The smallest absolute Gasteiger partial charge is 0.263 e. The van der Waals surface area contributed by atoms with Gasteiger partial charge >= 0.3 is 0 Å². The van der Waals surface area contributed by atoms with Gasteiger partial charge in [0, 0.05) is 25.2 Å². The molecule has 0 saturated carbocycles. The van der Waals surface area contributed by atoms with E-state index in [-0.39, 0.29) is 17.7 Å². The van der Waals surface area contributed by atoms with Gasteiger partial charge in [-0.1, -0.05) is 23.7 Å². The molecule has 7 heteroatoms. The van der Waals surface area contributed by atoms with Crippen molar-refractivity contribution >= 4 is 34.8 Å². The molecule has 0 aliphatic carbocycles. The SMILES string of the molecule is CN(CCOc1cccc(Cl)c1)C(=O)C1CCCN(C(=O)c2cccs2)C1. The van der Waals surface area contributed by atoms with Crippen LogP contribution in [0.25, 0.3) is 0 Å². The molecule has 1 atom stereocenters. The lowest BCUT2D eigenvalue weighted by Gasteiger charge is -2.33. The molecular formula is C20H23ClN2O3S. The second kappa shape index (κ2) is 9.24. The fourth-order valence-electron chi connectivity index (χ4n) is 3.20. The lowest BCUT2D eigenvalue weighted by atomic mass is 9.96. The van der Waals surface area contributed by atoms with Crippen LogP contribution in [0, 0.1) is 5.92 Å². The van der Waals surface area contributed by atoms with Gasteiger partial charge in [-0.15, -0.1) is 11.3 Å². The minimum atomic E-state index is -0.154. The Labute approximate surface area is 168 Å². The van der Waals surface area contributed by atoms with Crippen LogP contribution >= 0.6 is 22.9 Å². The summed E-state index contributed by atoms with van der Waals surface area (Å²) in [5.74, 6) is 0.621. The lowest BCUT2D eigenvalue weighted by molar-refractivity contribution is -0.135. The number of nitrogens with zero attached hydrogens (tertiary/aromatic N) is 2. The molecular weight excluding hydrogens is 384 g/mol. The van der Waals surface area contributed by atoms with Crippen LogP contribution in [0.5, 0.6) is 5.75 Å². The van der Waals surface area contributed by atoms with Gasteiger partial charge in [-0.05, 0) is 42.5 Å². The number of hydrogen-bond acceptors (Lipinski definition) is 4. The van der Waals surface area contributed by atoms with E-state index < -0.39 is 0 Å². The highest BCUT2D eigenvalue weighted by Crippen LogP contribution is 2.22. The van der Waals surface area contributed by atoms with Gasteiger partial charge < -0.3 is 14.5 Å². The molecule has 3 rings (SSSR count). The van der Waals surface area contributed by atoms with Crippen molar-refractivity contribution < 1.29 is 14.3 Å². The van der Waals surface area contributed by atoms with Gasteiger partial charge in [0.15, 0.2) is 0 Å². The Kier molecular flexibility index (Phi) is 6.74. The van der Waals surface area contributed by atoms with Crippen LogP contribution in [0.3, 0.4) is 0 Å². The maximum absolute atomic E-state index is 12.8. The number of amides is 2. The van der Waals surface area contributed by atoms with E-state index in [4.69, 9.17) is 16.3 Å². The first-order valence-electron chi connectivity index (χ1n) is 9.00. The van der Waals surface area contributed by atoms with Gasteiger partial charge in [0.25, 0.3) is 5.91 Å². The molecule has 0 bridgehead atoms. The zero-order chi connectivity index (χ0) is 19.2. The van der Waals surface area contributed by atoms with Crippen molar-refractivity contribution in [3.63, 3.8) is 0 Å². The zero-order valence-corrected chi connectivity index (χ0v) is 16.8. The standard InChI is InChI=1S/C20H23ClN2O3S/c1-22(10-11-26-17-7-2-6-16(21)13-17)19(24)15-5-3-9-23(14-15)20(25)18-8-4-12-27-18/h2,4,6-8,12-13,15H,3,5,9-11,14H2,1H3. The van der Waals surface area contributed by atoms with Gasteiger partial charge in [-0.2, -0.15) is 0 Å². The number of piperidine rings is 1. The number of halogens is 1. The van der Waals surface area contributed by atoms with Crippen LogP contribution < -0.4 is 4.74 Å². The van der Waals surface area contributed by atoms with E-state index in [2.05, 4.69) is 0 Å². The van der Waals surface area contributed by atoms with Crippen LogP contribution in [0.1, 0.15) is 22.5 Å². The fraction of sp³-hybridized carbons (Fsp3) is 0.400. The minimum Gasteiger partial charge on any atom is -0.492 e. The first-order valence-corrected chi connectivity index (χ1v) is 10.3. The normalized spacial score (nSPS) is 16.8. The Balaban J connectivity index is 1.49. The highest BCUT2D eigenvalue weighted by Gasteiger charge is 2.30. The molecule has 0 N–H and O–H groups in total. The van der Waals surface area contributed by atoms with Crippen LogP contribution in [0.15, 0.2) is 41.8 Å². The highest BCUT2D eigenvalue weighted by molar-refractivity contribution is 7.12. The third-order valence-electron chi connectivity index (χ3n) is 4.66. The van der Waals surface area contributed by atoms with Crippen molar-refractivity contribution in [2.24, 2.45) is 5.92 Å². The molecule has 1 saturated heterocycles. The van der Waals surface area contributed by atoms with Crippen LogP contribution in [-0.2, 0) is 4.79 Å². The molecule has 1 aliphatic rings. The average Bonchev–Trinajstić information content (AvgIpc) is 3.21. The molecule has 1 aromatic carbocycles. The first-order chi connectivity index (χ1) is 13.0. The van der Waals surface area contributed by atoms with Gasteiger partial charge in [0.05, 0.1) is 17.3 Å². The quantitative estimate of drug-likeness (QED) is 0.733. The fourth-order valence-corrected chi connectivity index (χ4v) is 4.07. The first kappa shape index (κ1) is 19.7. The van der Waals surface area contributed by atoms with E-state index in [1.807, 2.05) is 29.6 Å². The minimum absolute atomic E-state index is 0.0226. The maximum Gasteiger partial charge on any atom is 0.263 e. The molecule has 0 spiro atoms. The summed E-state index contributed by atoms with van der Waals surface area (Å²) >= 11 is 7.38. The molecule has 2 aromatic rings. The predicted molar refractivity (Wildman–Crippen MR) is 108 cm³/mol. The Morgan fingerprint density at radius 2 is 2.19 bits per heavy atom. The Bertz CT molecular complexity index is 781. The predicted octanol–water partition coefficient (Wildman–Crippen LogP) is 3.79. The Morgan fingerprint density at radius 3 is 2.93 bits per heavy atom. The third kappa shape index (κ3) is 5.23. The average molecular weight is 407 g/mol. The molecule has 0 radical (unpaired) electrons. The molecule has 5 nitrogen and oxygen atoms in total. The Hall–Kier alpha value is -2.05. The van der Waals surface area contributed by atoms with Gasteiger partial charge in [0.2, 0.25) is 5.91 Å². The van der Waals surface area contributed by atoms with E-state index >= 15 is 0 Å². The molecule has 1 fully saturated rings. The van der Waals surface area contributed by atoms with Crippen LogP contribution in [0.4, 0.5) is 0 Å².